The average molecular weight is 238 g/mol. The number of hydrogen-bond donors (Lipinski definition) is 0. The third-order valence-electron chi connectivity index (χ3n) is 2.85. The van der Waals surface area contributed by atoms with Crippen LogP contribution >= 0.6 is 11.6 Å². The molecule has 0 bridgehead atoms. The minimum absolute atomic E-state index is 0.0926. The molecule has 0 aromatic heterocycles. The molecule has 0 saturated carbocycles. The van der Waals surface area contributed by atoms with Crippen LogP contribution in [0.15, 0.2) is 24.3 Å². The van der Waals surface area contributed by atoms with Gasteiger partial charge in [-0.3, -0.25) is 14.5 Å². The van der Waals surface area contributed by atoms with Gasteiger partial charge in [0.2, 0.25) is 11.8 Å². The predicted octanol–water partition coefficient (Wildman–Crippen LogP) is 1.89. The van der Waals surface area contributed by atoms with Crippen molar-refractivity contribution in [3.8, 4) is 0 Å². The second kappa shape index (κ2) is 4.26. The molecule has 1 heterocycles. The summed E-state index contributed by atoms with van der Waals surface area (Å²) < 4.78 is 0. The van der Waals surface area contributed by atoms with Gasteiger partial charge in [-0.05, 0) is 24.1 Å². The lowest BCUT2D eigenvalue weighted by Crippen LogP contribution is -2.26. The molecule has 16 heavy (non-hydrogen) atoms. The van der Waals surface area contributed by atoms with Gasteiger partial charge < -0.3 is 0 Å². The molecule has 1 saturated heterocycles. The molecule has 84 valence electrons. The Hall–Kier alpha value is -1.35. The first kappa shape index (κ1) is 11.1. The van der Waals surface area contributed by atoms with E-state index in [4.69, 9.17) is 11.6 Å². The molecule has 1 aromatic carbocycles. The summed E-state index contributed by atoms with van der Waals surface area (Å²) in [4.78, 5) is 24.2. The second-order valence-electron chi connectivity index (χ2n) is 4.03. The molecule has 1 aliphatic rings. The van der Waals surface area contributed by atoms with Gasteiger partial charge in [0.25, 0.3) is 0 Å². The van der Waals surface area contributed by atoms with Crippen molar-refractivity contribution >= 4 is 23.4 Å². The van der Waals surface area contributed by atoms with E-state index in [1.54, 1.807) is 6.07 Å². The number of hydrogen-bond acceptors (Lipinski definition) is 2. The van der Waals surface area contributed by atoms with Crippen molar-refractivity contribution in [3.05, 3.63) is 34.9 Å². The normalized spacial score (nSPS) is 20.6. The molecular weight excluding hydrogens is 226 g/mol. The molecule has 0 N–H and O–H groups in total. The Bertz CT molecular complexity index is 444. The zero-order valence-electron chi connectivity index (χ0n) is 8.94. The van der Waals surface area contributed by atoms with E-state index in [0.29, 0.717) is 17.9 Å². The standard InChI is InChI=1S/C12H12ClNO2/c1-14-11(15)7-9(12(14)16)5-8-3-2-4-10(13)6-8/h2-4,6,9H,5,7H2,1H3. The van der Waals surface area contributed by atoms with Gasteiger partial charge >= 0.3 is 0 Å². The largest absolute Gasteiger partial charge is 0.285 e. The maximum absolute atomic E-state index is 11.7. The van der Waals surface area contributed by atoms with Crippen LogP contribution in [-0.4, -0.2) is 23.8 Å². The smallest absolute Gasteiger partial charge is 0.232 e. The topological polar surface area (TPSA) is 37.4 Å². The SMILES string of the molecule is CN1C(=O)CC(Cc2cccc(Cl)c2)C1=O. The lowest BCUT2D eigenvalue weighted by Gasteiger charge is -2.08. The Kier molecular flexibility index (Phi) is 2.97. The summed E-state index contributed by atoms with van der Waals surface area (Å²) in [5.74, 6) is -0.419. The number of benzene rings is 1. The third kappa shape index (κ3) is 2.09. The number of halogens is 1. The summed E-state index contributed by atoms with van der Waals surface area (Å²) in [6.07, 6.45) is 0.886. The summed E-state index contributed by atoms with van der Waals surface area (Å²) in [6.45, 7) is 0. The first-order valence-corrected chi connectivity index (χ1v) is 5.50. The van der Waals surface area contributed by atoms with Gasteiger partial charge in [-0.1, -0.05) is 23.7 Å². The van der Waals surface area contributed by atoms with Crippen LogP contribution in [0.2, 0.25) is 5.02 Å². The third-order valence-corrected chi connectivity index (χ3v) is 3.08. The van der Waals surface area contributed by atoms with Gasteiger partial charge in [-0.15, -0.1) is 0 Å². The molecule has 0 spiro atoms. The summed E-state index contributed by atoms with van der Waals surface area (Å²) in [6, 6.07) is 7.39. The van der Waals surface area contributed by atoms with Gasteiger partial charge in [0.1, 0.15) is 0 Å². The number of imide groups is 1. The fraction of sp³-hybridized carbons (Fsp3) is 0.333. The summed E-state index contributed by atoms with van der Waals surface area (Å²) in [5, 5.41) is 0.655. The summed E-state index contributed by atoms with van der Waals surface area (Å²) >= 11 is 5.86. The quantitative estimate of drug-likeness (QED) is 0.737. The second-order valence-corrected chi connectivity index (χ2v) is 4.46. The van der Waals surface area contributed by atoms with Crippen molar-refractivity contribution in [2.24, 2.45) is 5.92 Å². The lowest BCUT2D eigenvalue weighted by atomic mass is 9.98. The van der Waals surface area contributed by atoms with E-state index in [1.165, 1.54) is 11.9 Å². The van der Waals surface area contributed by atoms with Crippen molar-refractivity contribution in [1.82, 2.24) is 4.90 Å². The molecule has 0 aliphatic carbocycles. The van der Waals surface area contributed by atoms with Crippen LogP contribution < -0.4 is 0 Å². The molecule has 1 atom stereocenters. The van der Waals surface area contributed by atoms with Gasteiger partial charge in [0, 0.05) is 18.5 Å². The molecule has 1 unspecified atom stereocenters. The number of rotatable bonds is 2. The van der Waals surface area contributed by atoms with Crippen molar-refractivity contribution in [3.63, 3.8) is 0 Å². The Morgan fingerprint density at radius 1 is 1.44 bits per heavy atom. The van der Waals surface area contributed by atoms with Gasteiger partial charge in [0.15, 0.2) is 0 Å². The number of nitrogens with zero attached hydrogens (tertiary/aromatic N) is 1. The van der Waals surface area contributed by atoms with Crippen LogP contribution in [-0.2, 0) is 16.0 Å². The van der Waals surface area contributed by atoms with Gasteiger partial charge in [-0.2, -0.15) is 0 Å². The van der Waals surface area contributed by atoms with Crippen LogP contribution in [0.4, 0.5) is 0 Å². The predicted molar refractivity (Wildman–Crippen MR) is 61.0 cm³/mol. The highest BCUT2D eigenvalue weighted by Gasteiger charge is 2.35. The molecular formula is C12H12ClNO2. The molecule has 4 heteroatoms. The summed E-state index contributed by atoms with van der Waals surface area (Å²) in [5.41, 5.74) is 0.994. The highest BCUT2D eigenvalue weighted by molar-refractivity contribution is 6.30. The fourth-order valence-electron chi connectivity index (χ4n) is 1.94. The highest BCUT2D eigenvalue weighted by Crippen LogP contribution is 2.23. The minimum atomic E-state index is -0.226. The fourth-order valence-corrected chi connectivity index (χ4v) is 2.15. The van der Waals surface area contributed by atoms with Crippen molar-refractivity contribution < 1.29 is 9.59 Å². The highest BCUT2D eigenvalue weighted by atomic mass is 35.5. The van der Waals surface area contributed by atoms with E-state index in [-0.39, 0.29) is 17.7 Å². The number of amides is 2. The van der Waals surface area contributed by atoms with Crippen LogP contribution in [0.25, 0.3) is 0 Å². The zero-order chi connectivity index (χ0) is 11.7. The molecule has 3 nitrogen and oxygen atoms in total. The first-order chi connectivity index (χ1) is 7.58. The van der Waals surface area contributed by atoms with E-state index in [0.717, 1.165) is 5.56 Å². The summed E-state index contributed by atoms with van der Waals surface area (Å²) in [7, 11) is 1.53. The lowest BCUT2D eigenvalue weighted by molar-refractivity contribution is -0.137. The molecule has 2 amide bonds. The average Bonchev–Trinajstić information content (AvgIpc) is 2.47. The Morgan fingerprint density at radius 2 is 2.19 bits per heavy atom. The van der Waals surface area contributed by atoms with E-state index in [2.05, 4.69) is 0 Å². The zero-order valence-corrected chi connectivity index (χ0v) is 9.70. The van der Waals surface area contributed by atoms with Gasteiger partial charge in [0.05, 0.1) is 5.92 Å². The van der Waals surface area contributed by atoms with Crippen LogP contribution in [0.3, 0.4) is 0 Å². The maximum Gasteiger partial charge on any atom is 0.232 e. The Labute approximate surface area is 99.0 Å². The van der Waals surface area contributed by atoms with E-state index in [9.17, 15) is 9.59 Å². The Balaban J connectivity index is 2.12. The van der Waals surface area contributed by atoms with Crippen molar-refractivity contribution in [2.75, 3.05) is 7.05 Å². The van der Waals surface area contributed by atoms with E-state index >= 15 is 0 Å². The maximum atomic E-state index is 11.7. The van der Waals surface area contributed by atoms with E-state index in [1.807, 2.05) is 18.2 Å². The van der Waals surface area contributed by atoms with Gasteiger partial charge in [-0.25, -0.2) is 0 Å². The molecule has 1 aliphatic heterocycles. The van der Waals surface area contributed by atoms with E-state index < -0.39 is 0 Å². The number of likely N-dealkylation sites (tertiary alicyclic amines) is 1. The molecule has 1 fully saturated rings. The van der Waals surface area contributed by atoms with Crippen LogP contribution in [0.5, 0.6) is 0 Å². The number of carbonyl (C=O) groups excluding carboxylic acids is 2. The van der Waals surface area contributed by atoms with Crippen molar-refractivity contribution in [1.29, 1.82) is 0 Å². The van der Waals surface area contributed by atoms with Crippen molar-refractivity contribution in [2.45, 2.75) is 12.8 Å². The Morgan fingerprint density at radius 3 is 2.75 bits per heavy atom. The molecule has 1 aromatic rings. The van der Waals surface area contributed by atoms with Crippen LogP contribution in [0, 0.1) is 5.92 Å². The first-order valence-electron chi connectivity index (χ1n) is 5.13. The minimum Gasteiger partial charge on any atom is -0.285 e. The number of carbonyl (C=O) groups is 2. The van der Waals surface area contributed by atoms with Crippen LogP contribution in [0.1, 0.15) is 12.0 Å². The molecule has 2 rings (SSSR count). The monoisotopic (exact) mass is 237 g/mol. The molecule has 0 radical (unpaired) electrons.